The van der Waals surface area contributed by atoms with E-state index in [2.05, 4.69) is 21.1 Å². The standard InChI is InChI=1S/C20H22N4O6/c1-27-15-7-5-13(17(9-15)29-3)11-21-23-19(25)20(26)24-22-12-14-6-8-16(28-2)10-18(14)30-4/h5-12H,1-4H3,(H,23,25)(H,24,26)/b21-11+,22-12+. The van der Waals surface area contributed by atoms with Gasteiger partial charge in [0.15, 0.2) is 0 Å². The number of nitrogens with one attached hydrogen (secondary N) is 2. The molecule has 10 heteroatoms. The summed E-state index contributed by atoms with van der Waals surface area (Å²) in [5, 5.41) is 7.49. The van der Waals surface area contributed by atoms with E-state index in [4.69, 9.17) is 18.9 Å². The minimum absolute atomic E-state index is 0.495. The lowest BCUT2D eigenvalue weighted by Crippen LogP contribution is -2.35. The Morgan fingerprint density at radius 2 is 1.10 bits per heavy atom. The zero-order chi connectivity index (χ0) is 21.9. The summed E-state index contributed by atoms with van der Waals surface area (Å²) in [4.78, 5) is 23.7. The number of methoxy groups -OCH3 is 4. The molecule has 0 heterocycles. The highest BCUT2D eigenvalue weighted by molar-refractivity contribution is 6.35. The lowest BCUT2D eigenvalue weighted by atomic mass is 10.2. The maximum Gasteiger partial charge on any atom is 0.331 e. The zero-order valence-corrected chi connectivity index (χ0v) is 17.0. The van der Waals surface area contributed by atoms with Crippen LogP contribution < -0.4 is 29.8 Å². The molecule has 2 aromatic carbocycles. The lowest BCUT2D eigenvalue weighted by molar-refractivity contribution is -0.139. The largest absolute Gasteiger partial charge is 0.497 e. The number of carbonyl (C=O) groups excluding carboxylic acids is 2. The van der Waals surface area contributed by atoms with E-state index in [1.54, 1.807) is 36.4 Å². The van der Waals surface area contributed by atoms with E-state index < -0.39 is 11.8 Å². The van der Waals surface area contributed by atoms with Crippen LogP contribution in [0.4, 0.5) is 0 Å². The van der Waals surface area contributed by atoms with Crippen LogP contribution in [-0.4, -0.2) is 52.7 Å². The van der Waals surface area contributed by atoms with Crippen molar-refractivity contribution in [3.8, 4) is 23.0 Å². The van der Waals surface area contributed by atoms with E-state index >= 15 is 0 Å². The highest BCUT2D eigenvalue weighted by Gasteiger charge is 2.12. The summed E-state index contributed by atoms with van der Waals surface area (Å²) in [6.07, 6.45) is 2.68. The van der Waals surface area contributed by atoms with Gasteiger partial charge in [-0.1, -0.05) is 0 Å². The van der Waals surface area contributed by atoms with Crippen LogP contribution in [0.5, 0.6) is 23.0 Å². The normalized spacial score (nSPS) is 10.7. The predicted octanol–water partition coefficient (Wildman–Crippen LogP) is 1.32. The molecule has 0 radical (unpaired) electrons. The molecule has 158 valence electrons. The van der Waals surface area contributed by atoms with Crippen molar-refractivity contribution in [1.82, 2.24) is 10.9 Å². The van der Waals surface area contributed by atoms with Crippen LogP contribution in [0.15, 0.2) is 46.6 Å². The Balaban J connectivity index is 1.93. The van der Waals surface area contributed by atoms with Crippen LogP contribution >= 0.6 is 0 Å². The fourth-order valence-electron chi connectivity index (χ4n) is 2.27. The van der Waals surface area contributed by atoms with Crippen molar-refractivity contribution in [2.75, 3.05) is 28.4 Å². The molecule has 0 unspecified atom stereocenters. The summed E-state index contributed by atoms with van der Waals surface area (Å²) < 4.78 is 20.7. The monoisotopic (exact) mass is 414 g/mol. The lowest BCUT2D eigenvalue weighted by Gasteiger charge is -2.07. The number of hydrogen-bond donors (Lipinski definition) is 2. The van der Waals surface area contributed by atoms with Crippen LogP contribution in [-0.2, 0) is 9.59 Å². The summed E-state index contributed by atoms with van der Waals surface area (Å²) in [5.74, 6) is 0.234. The van der Waals surface area contributed by atoms with Gasteiger partial charge in [0.05, 0.1) is 40.9 Å². The number of rotatable bonds is 8. The third kappa shape index (κ3) is 5.96. The van der Waals surface area contributed by atoms with Crippen molar-refractivity contribution in [3.05, 3.63) is 47.5 Å². The molecule has 2 rings (SSSR count). The molecule has 10 nitrogen and oxygen atoms in total. The Hall–Kier alpha value is -4.08. The van der Waals surface area contributed by atoms with Gasteiger partial charge in [-0.2, -0.15) is 10.2 Å². The SMILES string of the molecule is COc1ccc(/C=N/NC(=O)C(=O)N/N=C/c2ccc(OC)cc2OC)c(OC)c1. The maximum absolute atomic E-state index is 11.8. The van der Waals surface area contributed by atoms with E-state index in [0.717, 1.165) is 0 Å². The Kier molecular flexibility index (Phi) is 8.18. The summed E-state index contributed by atoms with van der Waals surface area (Å²) in [6, 6.07) is 10.1. The van der Waals surface area contributed by atoms with Gasteiger partial charge >= 0.3 is 11.8 Å². The fraction of sp³-hybridized carbons (Fsp3) is 0.200. The number of amides is 2. The second-order valence-electron chi connectivity index (χ2n) is 5.61. The minimum Gasteiger partial charge on any atom is -0.497 e. The summed E-state index contributed by atoms with van der Waals surface area (Å²) in [6.45, 7) is 0. The number of carbonyl (C=O) groups is 2. The molecule has 0 aliphatic heterocycles. The topological polar surface area (TPSA) is 120 Å². The molecule has 2 amide bonds. The third-order valence-electron chi connectivity index (χ3n) is 3.83. The van der Waals surface area contributed by atoms with Crippen molar-refractivity contribution in [1.29, 1.82) is 0 Å². The first-order chi connectivity index (χ1) is 14.5. The molecule has 0 saturated carbocycles. The number of hydrogen-bond acceptors (Lipinski definition) is 8. The highest BCUT2D eigenvalue weighted by Crippen LogP contribution is 2.23. The van der Waals surface area contributed by atoms with Gasteiger partial charge in [0.1, 0.15) is 23.0 Å². The molecule has 0 spiro atoms. The molecular weight excluding hydrogens is 392 g/mol. The number of benzene rings is 2. The Morgan fingerprint density at radius 3 is 1.43 bits per heavy atom. The van der Waals surface area contributed by atoms with Gasteiger partial charge in [0.2, 0.25) is 0 Å². The van der Waals surface area contributed by atoms with Gasteiger partial charge in [-0.15, -0.1) is 0 Å². The van der Waals surface area contributed by atoms with Gasteiger partial charge in [0.25, 0.3) is 0 Å². The van der Waals surface area contributed by atoms with Crippen molar-refractivity contribution in [2.24, 2.45) is 10.2 Å². The van der Waals surface area contributed by atoms with Gasteiger partial charge in [-0.25, -0.2) is 10.9 Å². The second-order valence-corrected chi connectivity index (χ2v) is 5.61. The number of nitrogens with zero attached hydrogens (tertiary/aromatic N) is 2. The van der Waals surface area contributed by atoms with Gasteiger partial charge in [-0.3, -0.25) is 9.59 Å². The molecule has 2 aromatic rings. The van der Waals surface area contributed by atoms with E-state index in [-0.39, 0.29) is 0 Å². The molecule has 2 N–H and O–H groups in total. The van der Waals surface area contributed by atoms with Crippen molar-refractivity contribution in [3.63, 3.8) is 0 Å². The van der Waals surface area contributed by atoms with Crippen LogP contribution in [0.1, 0.15) is 11.1 Å². The van der Waals surface area contributed by atoms with Gasteiger partial charge < -0.3 is 18.9 Å². The number of hydrazone groups is 2. The predicted molar refractivity (Wildman–Crippen MR) is 111 cm³/mol. The Bertz CT molecular complexity index is 881. The summed E-state index contributed by atoms with van der Waals surface area (Å²) in [7, 11) is 6.06. The smallest absolute Gasteiger partial charge is 0.331 e. The molecule has 0 aliphatic carbocycles. The first-order valence-corrected chi connectivity index (χ1v) is 8.62. The van der Waals surface area contributed by atoms with Crippen LogP contribution in [0, 0.1) is 0 Å². The summed E-state index contributed by atoms with van der Waals surface area (Å²) in [5.41, 5.74) is 5.40. The molecule has 30 heavy (non-hydrogen) atoms. The molecule has 0 aromatic heterocycles. The molecule has 0 aliphatic rings. The van der Waals surface area contributed by atoms with Gasteiger partial charge in [-0.05, 0) is 24.3 Å². The Labute approximate surface area is 173 Å². The number of ether oxygens (including phenoxy) is 4. The second kappa shape index (κ2) is 11.1. The molecule has 0 saturated heterocycles. The van der Waals surface area contributed by atoms with Crippen LogP contribution in [0.2, 0.25) is 0 Å². The Morgan fingerprint density at radius 1 is 0.700 bits per heavy atom. The molecular formula is C20H22N4O6. The quantitative estimate of drug-likeness (QED) is 0.382. The van der Waals surface area contributed by atoms with E-state index in [9.17, 15) is 9.59 Å². The van der Waals surface area contributed by atoms with E-state index in [1.165, 1.54) is 40.9 Å². The molecule has 0 fully saturated rings. The molecule has 0 bridgehead atoms. The van der Waals surface area contributed by atoms with Crippen LogP contribution in [0.25, 0.3) is 0 Å². The minimum atomic E-state index is -0.988. The van der Waals surface area contributed by atoms with Gasteiger partial charge in [0, 0.05) is 23.3 Å². The first-order valence-electron chi connectivity index (χ1n) is 8.62. The average molecular weight is 414 g/mol. The zero-order valence-electron chi connectivity index (χ0n) is 17.0. The average Bonchev–Trinajstić information content (AvgIpc) is 2.78. The van der Waals surface area contributed by atoms with Crippen molar-refractivity contribution >= 4 is 24.2 Å². The van der Waals surface area contributed by atoms with Crippen molar-refractivity contribution in [2.45, 2.75) is 0 Å². The fourth-order valence-corrected chi connectivity index (χ4v) is 2.27. The van der Waals surface area contributed by atoms with E-state index in [0.29, 0.717) is 34.1 Å². The highest BCUT2D eigenvalue weighted by atomic mass is 16.5. The maximum atomic E-state index is 11.8. The van der Waals surface area contributed by atoms with Crippen LogP contribution in [0.3, 0.4) is 0 Å². The summed E-state index contributed by atoms with van der Waals surface area (Å²) >= 11 is 0. The molecule has 0 atom stereocenters. The third-order valence-corrected chi connectivity index (χ3v) is 3.83. The first kappa shape index (κ1) is 22.2. The van der Waals surface area contributed by atoms with E-state index in [1.807, 2.05) is 0 Å². The van der Waals surface area contributed by atoms with Crippen molar-refractivity contribution < 1.29 is 28.5 Å².